The van der Waals surface area contributed by atoms with E-state index in [1.54, 1.807) is 29.3 Å². The molecule has 0 fully saturated rings. The van der Waals surface area contributed by atoms with Crippen molar-refractivity contribution in [1.29, 1.82) is 0 Å². The molecule has 188 valence electrons. The monoisotopic (exact) mass is 543 g/mol. The Morgan fingerprint density at radius 2 is 1.79 bits per heavy atom. The average molecular weight is 544 g/mol. The van der Waals surface area contributed by atoms with Crippen LogP contribution in [0.5, 0.6) is 0 Å². The smallest absolute Gasteiger partial charge is 0.276 e. The minimum Gasteiger partial charge on any atom is -0.457 e. The van der Waals surface area contributed by atoms with E-state index in [9.17, 15) is 14.9 Å². The van der Waals surface area contributed by atoms with Gasteiger partial charge in [-0.1, -0.05) is 59.8 Å². The van der Waals surface area contributed by atoms with E-state index in [0.717, 1.165) is 5.56 Å². The Bertz CT molecular complexity index is 1730. The summed E-state index contributed by atoms with van der Waals surface area (Å²) < 4.78 is 6.15. The van der Waals surface area contributed by atoms with Crippen molar-refractivity contribution in [3.8, 4) is 11.3 Å². The lowest BCUT2D eigenvalue weighted by Gasteiger charge is -2.32. The average Bonchev–Trinajstić information content (AvgIpc) is 3.42. The molecule has 9 nitrogen and oxygen atoms in total. The minimum atomic E-state index is -0.728. The van der Waals surface area contributed by atoms with Gasteiger partial charge in [-0.15, -0.1) is 5.10 Å². The van der Waals surface area contributed by atoms with Gasteiger partial charge in [-0.25, -0.2) is 10.0 Å². The van der Waals surface area contributed by atoms with Crippen molar-refractivity contribution in [2.45, 2.75) is 11.9 Å². The van der Waals surface area contributed by atoms with E-state index in [-0.39, 0.29) is 11.6 Å². The van der Waals surface area contributed by atoms with Gasteiger partial charge in [-0.3, -0.25) is 20.2 Å². The lowest BCUT2D eigenvalue weighted by molar-refractivity contribution is -0.384. The molecule has 2 aliphatic heterocycles. The first-order chi connectivity index (χ1) is 18.5. The third-order valence-electron chi connectivity index (χ3n) is 6.08. The van der Waals surface area contributed by atoms with E-state index in [2.05, 4.69) is 5.32 Å². The maximum Gasteiger partial charge on any atom is 0.276 e. The van der Waals surface area contributed by atoms with Gasteiger partial charge in [-0.05, 0) is 42.0 Å². The number of fused-ring (bicyclic) bond motifs is 2. The number of hydrogen-bond acceptors (Lipinski definition) is 8. The number of rotatable bonds is 5. The number of thioether (sulfide) groups is 1. The third kappa shape index (κ3) is 4.44. The van der Waals surface area contributed by atoms with Crippen molar-refractivity contribution >= 4 is 45.8 Å². The molecule has 3 aromatic carbocycles. The molecule has 1 N–H and O–H groups in total. The highest BCUT2D eigenvalue weighted by molar-refractivity contribution is 8.13. The quantitative estimate of drug-likeness (QED) is 0.291. The standard InChI is InChI=1S/C27H18ClN5O4S/c28-20-7-3-1-5-17(20)15-38-27-30-26(34)24-19-6-2-4-8-21(19)29-25(32(24)31-27)23-14-13-22(37-23)16-9-11-18(12-10-16)33(35)36/h1-14,25H,15H2,(H,30,31,34). The molecule has 0 radical (unpaired) electrons. The number of amidine groups is 1. The van der Waals surface area contributed by atoms with Crippen LogP contribution in [-0.2, 0) is 10.5 Å². The Morgan fingerprint density at radius 3 is 2.58 bits per heavy atom. The second-order valence-electron chi connectivity index (χ2n) is 8.46. The second kappa shape index (κ2) is 9.81. The van der Waals surface area contributed by atoms with Crippen molar-refractivity contribution in [2.75, 3.05) is 0 Å². The maximum absolute atomic E-state index is 13.3. The van der Waals surface area contributed by atoms with Crippen molar-refractivity contribution in [2.24, 2.45) is 10.1 Å². The highest BCUT2D eigenvalue weighted by Gasteiger charge is 2.36. The number of para-hydroxylation sites is 1. The van der Waals surface area contributed by atoms with Crippen LogP contribution < -0.4 is 15.9 Å². The largest absolute Gasteiger partial charge is 0.457 e. The molecular formula is C27H18ClN5O4S. The molecule has 11 heteroatoms. The van der Waals surface area contributed by atoms with Gasteiger partial charge in [0.15, 0.2) is 10.9 Å². The van der Waals surface area contributed by atoms with Crippen LogP contribution in [0.2, 0.25) is 5.02 Å². The fourth-order valence-corrected chi connectivity index (χ4v) is 5.37. The summed E-state index contributed by atoms with van der Waals surface area (Å²) in [6.45, 7) is 0. The minimum absolute atomic E-state index is 0.00542. The Morgan fingerprint density at radius 1 is 1.03 bits per heavy atom. The number of carbonyl (C=O) groups is 1. The van der Waals surface area contributed by atoms with E-state index in [0.29, 0.717) is 49.3 Å². The molecular weight excluding hydrogens is 526 g/mol. The number of furan rings is 1. The molecule has 1 atom stereocenters. The molecule has 1 unspecified atom stereocenters. The number of carbonyl (C=O) groups excluding carboxylic acids is 1. The number of nitro groups is 1. The van der Waals surface area contributed by atoms with Gasteiger partial charge in [0, 0.05) is 33.7 Å². The lowest BCUT2D eigenvalue weighted by Crippen LogP contribution is -2.50. The van der Waals surface area contributed by atoms with E-state index >= 15 is 0 Å². The number of nitro benzene ring substituents is 1. The number of amides is 1. The van der Waals surface area contributed by atoms with Crippen molar-refractivity contribution in [1.82, 2.24) is 10.3 Å². The summed E-state index contributed by atoms with van der Waals surface area (Å²) in [7, 11) is 0. The van der Waals surface area contributed by atoms with E-state index in [4.69, 9.17) is 26.1 Å². The molecule has 1 aromatic heterocycles. The lowest BCUT2D eigenvalue weighted by atomic mass is 10.1. The molecule has 0 bridgehead atoms. The number of nitrogens with one attached hydrogen (secondary N) is 1. The van der Waals surface area contributed by atoms with Gasteiger partial charge in [0.05, 0.1) is 10.3 Å². The SMILES string of the molecule is O=C1NC(SCc2ccccc2Cl)=NN2C1=c1ccccc1=NC2c1ccc(-c2ccc([N+](=O)[O-])cc2)o1. The molecule has 6 rings (SSSR count). The summed E-state index contributed by atoms with van der Waals surface area (Å²) in [6, 6.07) is 24.5. The molecule has 2 aliphatic rings. The predicted molar refractivity (Wildman–Crippen MR) is 144 cm³/mol. The Hall–Kier alpha value is -4.41. The zero-order chi connectivity index (χ0) is 26.2. The van der Waals surface area contributed by atoms with Gasteiger partial charge < -0.3 is 4.42 Å². The highest BCUT2D eigenvalue weighted by Crippen LogP contribution is 2.34. The molecule has 3 heterocycles. The summed E-state index contributed by atoms with van der Waals surface area (Å²) in [5, 5.41) is 22.6. The normalized spacial score (nSPS) is 16.2. The fourth-order valence-electron chi connectivity index (χ4n) is 4.23. The van der Waals surface area contributed by atoms with Crippen LogP contribution in [0, 0.1) is 10.1 Å². The third-order valence-corrected chi connectivity index (χ3v) is 7.36. The molecule has 0 aliphatic carbocycles. The van der Waals surface area contributed by atoms with E-state index in [1.807, 2.05) is 48.5 Å². The summed E-state index contributed by atoms with van der Waals surface area (Å²) in [5.74, 6) is 1.21. The Balaban J connectivity index is 1.37. The number of nitrogens with zero attached hydrogens (tertiary/aromatic N) is 4. The van der Waals surface area contributed by atoms with Crippen LogP contribution in [0.4, 0.5) is 5.69 Å². The first kappa shape index (κ1) is 24.0. The van der Waals surface area contributed by atoms with E-state index in [1.165, 1.54) is 23.9 Å². The van der Waals surface area contributed by atoms with Gasteiger partial charge in [0.1, 0.15) is 11.5 Å². The van der Waals surface area contributed by atoms with Crippen molar-refractivity contribution in [3.05, 3.63) is 122 Å². The van der Waals surface area contributed by atoms with Crippen molar-refractivity contribution in [3.63, 3.8) is 0 Å². The second-order valence-corrected chi connectivity index (χ2v) is 9.83. The van der Waals surface area contributed by atoms with Crippen LogP contribution >= 0.6 is 23.4 Å². The van der Waals surface area contributed by atoms with Crippen LogP contribution in [0.15, 0.2) is 99.4 Å². The number of hydrazone groups is 1. The van der Waals surface area contributed by atoms with Crippen LogP contribution in [-0.4, -0.2) is 21.0 Å². The number of hydrogen-bond donors (Lipinski definition) is 1. The van der Waals surface area contributed by atoms with Crippen LogP contribution in [0.25, 0.3) is 17.0 Å². The summed E-state index contributed by atoms with van der Waals surface area (Å²) in [4.78, 5) is 28.7. The Labute approximate surface area is 225 Å². The number of benzene rings is 3. The number of halogens is 1. The summed E-state index contributed by atoms with van der Waals surface area (Å²) >= 11 is 7.66. The summed E-state index contributed by atoms with van der Waals surface area (Å²) in [5.41, 5.74) is 1.97. The molecule has 1 amide bonds. The van der Waals surface area contributed by atoms with Gasteiger partial charge >= 0.3 is 0 Å². The molecule has 0 saturated carbocycles. The van der Waals surface area contributed by atoms with Gasteiger partial charge in [0.25, 0.3) is 11.6 Å². The first-order valence-electron chi connectivity index (χ1n) is 11.5. The predicted octanol–water partition coefficient (Wildman–Crippen LogP) is 4.58. The first-order valence-corrected chi connectivity index (χ1v) is 12.9. The zero-order valence-electron chi connectivity index (χ0n) is 19.6. The topological polar surface area (TPSA) is 113 Å². The number of non-ortho nitro benzene ring substituents is 1. The zero-order valence-corrected chi connectivity index (χ0v) is 21.1. The van der Waals surface area contributed by atoms with Gasteiger partial charge in [-0.2, -0.15) is 0 Å². The van der Waals surface area contributed by atoms with E-state index < -0.39 is 11.1 Å². The molecule has 0 saturated heterocycles. The van der Waals surface area contributed by atoms with Gasteiger partial charge in [0.2, 0.25) is 6.17 Å². The summed E-state index contributed by atoms with van der Waals surface area (Å²) in [6.07, 6.45) is -0.728. The Kier molecular flexibility index (Phi) is 6.18. The maximum atomic E-state index is 13.3. The van der Waals surface area contributed by atoms with Crippen LogP contribution in [0.3, 0.4) is 0 Å². The van der Waals surface area contributed by atoms with Crippen molar-refractivity contribution < 1.29 is 14.1 Å². The molecule has 0 spiro atoms. The van der Waals surface area contributed by atoms with Crippen LogP contribution in [0.1, 0.15) is 17.5 Å². The molecule has 38 heavy (non-hydrogen) atoms. The fraction of sp³-hybridized carbons (Fsp3) is 0.0741. The highest BCUT2D eigenvalue weighted by atomic mass is 35.5. The molecule has 4 aromatic rings.